The first-order chi connectivity index (χ1) is 20.3. The van der Waals surface area contributed by atoms with Crippen molar-refractivity contribution in [3.63, 3.8) is 0 Å². The molecular formula is C27H34N10O6. The number of para-hydroxylation sites is 1. The monoisotopic (exact) mass is 594 g/mol. The van der Waals surface area contributed by atoms with E-state index in [1.807, 2.05) is 6.07 Å². The van der Waals surface area contributed by atoms with Gasteiger partial charge in [0, 0.05) is 24.8 Å². The van der Waals surface area contributed by atoms with Gasteiger partial charge in [0.15, 0.2) is 11.6 Å². The number of nitrogens with two attached hydrogens (primary N) is 2. The summed E-state index contributed by atoms with van der Waals surface area (Å²) >= 11 is 0. The largest absolute Gasteiger partial charge is 0.492 e. The molecule has 0 saturated carbocycles. The van der Waals surface area contributed by atoms with Crippen LogP contribution in [0.3, 0.4) is 0 Å². The Morgan fingerprint density at radius 2 is 1.95 bits per heavy atom. The van der Waals surface area contributed by atoms with Crippen LogP contribution in [-0.2, 0) is 5.41 Å². The Kier molecular flexibility index (Phi) is 6.39. The Labute approximate surface area is 245 Å². The first-order valence-electron chi connectivity index (χ1n) is 13.8. The second-order valence-corrected chi connectivity index (χ2v) is 12.0. The number of aliphatic hydroxyl groups is 1. The van der Waals surface area contributed by atoms with Crippen molar-refractivity contribution in [2.45, 2.75) is 62.0 Å². The van der Waals surface area contributed by atoms with Crippen molar-refractivity contribution in [1.29, 1.82) is 0 Å². The minimum Gasteiger partial charge on any atom is -0.492 e. The maximum atomic E-state index is 13.7. The minimum atomic E-state index is -1.90. The molecule has 6 rings (SSSR count). The van der Waals surface area contributed by atoms with Gasteiger partial charge in [-0.05, 0) is 24.8 Å². The normalized spacial score (nSPS) is 30.3. The quantitative estimate of drug-likeness (QED) is 0.204. The molecule has 0 bridgehead atoms. The molecule has 1 fully saturated rings. The number of ether oxygens (including phenoxy) is 1. The fraction of sp³-hybridized carbons (Fsp3) is 0.481. The number of hydrogen-bond donors (Lipinski definition) is 7. The number of amides is 2. The number of nitrogens with zero attached hydrogens (tertiary/aromatic N) is 5. The van der Waals surface area contributed by atoms with E-state index in [0.29, 0.717) is 23.0 Å². The topological polar surface area (TPSA) is 237 Å². The first kappa shape index (κ1) is 28.4. The summed E-state index contributed by atoms with van der Waals surface area (Å²) in [5, 5.41) is 29.7. The van der Waals surface area contributed by atoms with Crippen LogP contribution in [0.15, 0.2) is 45.4 Å². The highest BCUT2D eigenvalue weighted by Crippen LogP contribution is 2.50. The van der Waals surface area contributed by atoms with Crippen LogP contribution < -0.4 is 32.4 Å². The van der Waals surface area contributed by atoms with Gasteiger partial charge < -0.3 is 41.8 Å². The van der Waals surface area contributed by atoms with Gasteiger partial charge in [-0.1, -0.05) is 26.0 Å². The summed E-state index contributed by atoms with van der Waals surface area (Å²) in [6.45, 7) is 5.94. The van der Waals surface area contributed by atoms with E-state index in [1.54, 1.807) is 12.1 Å². The van der Waals surface area contributed by atoms with E-state index in [1.165, 1.54) is 18.0 Å². The molecule has 43 heavy (non-hydrogen) atoms. The van der Waals surface area contributed by atoms with Crippen molar-refractivity contribution in [2.24, 2.45) is 21.5 Å². The Morgan fingerprint density at radius 1 is 1.19 bits per heavy atom. The lowest BCUT2D eigenvalue weighted by Crippen LogP contribution is -2.77. The summed E-state index contributed by atoms with van der Waals surface area (Å²) in [4.78, 5) is 54.3. The van der Waals surface area contributed by atoms with Crippen LogP contribution in [0.4, 0.5) is 0 Å². The first-order valence-corrected chi connectivity index (χ1v) is 13.8. The van der Waals surface area contributed by atoms with Gasteiger partial charge in [-0.3, -0.25) is 19.6 Å². The molecule has 5 heterocycles. The number of rotatable bonds is 5. The maximum Gasteiger partial charge on any atom is 0.271 e. The van der Waals surface area contributed by atoms with E-state index < -0.39 is 46.8 Å². The molecule has 5 atom stereocenters. The standard InChI is InChI=1S/C27H34N10O6/c1-25(2)7-8-43-19-13(5-4-6-14(19)25)21(39)34-17-12-36-23(28)33-15(9-32-22(40)16-10-31-18(38)11-30-16)20-27(36,26(17,3)41)37(42)24(29)35-20/h4-6,10-11,15,17,20,41-42H,7-9,12H2,1-3H3,(H2,28,33)(H2,29,35)(H,31,38)(H,32,40)(H,34,39)/t15-,17-,20?,26-,27?/m0/s1. The van der Waals surface area contributed by atoms with Crippen LogP contribution in [0.2, 0.25) is 0 Å². The van der Waals surface area contributed by atoms with Crippen molar-refractivity contribution >= 4 is 23.7 Å². The Balaban J connectivity index is 1.29. The number of aromatic amines is 1. The fourth-order valence-corrected chi connectivity index (χ4v) is 6.62. The fourth-order valence-electron chi connectivity index (χ4n) is 6.62. The molecule has 228 valence electrons. The van der Waals surface area contributed by atoms with Crippen molar-refractivity contribution in [3.05, 3.63) is 57.8 Å². The van der Waals surface area contributed by atoms with E-state index in [9.17, 15) is 24.7 Å². The Hall–Kier alpha value is -4.70. The molecule has 4 aliphatic rings. The summed E-state index contributed by atoms with van der Waals surface area (Å²) in [6.07, 6.45) is 2.95. The van der Waals surface area contributed by atoms with Crippen molar-refractivity contribution in [1.82, 2.24) is 30.6 Å². The third-order valence-corrected chi connectivity index (χ3v) is 9.01. The Bertz CT molecular complexity index is 1600. The zero-order valence-electron chi connectivity index (χ0n) is 23.9. The molecule has 2 unspecified atom stereocenters. The third-order valence-electron chi connectivity index (χ3n) is 9.01. The smallest absolute Gasteiger partial charge is 0.271 e. The molecule has 2 amide bonds. The lowest BCUT2D eigenvalue weighted by Gasteiger charge is -2.52. The van der Waals surface area contributed by atoms with Crippen LogP contribution in [0.25, 0.3) is 0 Å². The molecule has 0 radical (unpaired) electrons. The van der Waals surface area contributed by atoms with Gasteiger partial charge in [-0.15, -0.1) is 0 Å². The molecule has 16 nitrogen and oxygen atoms in total. The van der Waals surface area contributed by atoms with E-state index in [2.05, 4.69) is 44.4 Å². The van der Waals surface area contributed by atoms with Gasteiger partial charge in [0.25, 0.3) is 17.4 Å². The van der Waals surface area contributed by atoms with E-state index in [4.69, 9.17) is 16.2 Å². The van der Waals surface area contributed by atoms with Gasteiger partial charge in [0.1, 0.15) is 23.1 Å². The van der Waals surface area contributed by atoms with Gasteiger partial charge >= 0.3 is 0 Å². The number of nitrogens with one attached hydrogen (secondary N) is 3. The van der Waals surface area contributed by atoms with Crippen molar-refractivity contribution in [2.75, 3.05) is 19.7 Å². The van der Waals surface area contributed by atoms with Gasteiger partial charge in [-0.25, -0.2) is 15.0 Å². The van der Waals surface area contributed by atoms with Crippen molar-refractivity contribution in [3.8, 4) is 5.75 Å². The average Bonchev–Trinajstić information content (AvgIpc) is 3.37. The number of H-pyrrole nitrogens is 1. The number of benzene rings is 1. The van der Waals surface area contributed by atoms with Gasteiger partial charge in [0.05, 0.1) is 30.5 Å². The predicted octanol–water partition coefficient (Wildman–Crippen LogP) is -1.79. The van der Waals surface area contributed by atoms with Crippen LogP contribution >= 0.6 is 0 Å². The van der Waals surface area contributed by atoms with Crippen LogP contribution in [0.5, 0.6) is 5.75 Å². The van der Waals surface area contributed by atoms with Gasteiger partial charge in [0.2, 0.25) is 5.96 Å². The van der Waals surface area contributed by atoms with Crippen LogP contribution in [0, 0.1) is 0 Å². The number of carbonyl (C=O) groups excluding carboxylic acids is 2. The molecule has 1 aromatic heterocycles. The summed E-state index contributed by atoms with van der Waals surface area (Å²) in [6, 6.07) is 2.52. The number of carbonyl (C=O) groups is 2. The molecular weight excluding hydrogens is 560 g/mol. The second-order valence-electron chi connectivity index (χ2n) is 12.0. The number of hydroxylamine groups is 2. The lowest BCUT2D eigenvalue weighted by molar-refractivity contribution is -0.218. The summed E-state index contributed by atoms with van der Waals surface area (Å²) in [5.41, 5.74) is 9.36. The molecule has 16 heteroatoms. The second kappa shape index (κ2) is 9.67. The molecule has 2 aromatic rings. The molecule has 0 aliphatic carbocycles. The van der Waals surface area contributed by atoms with E-state index in [0.717, 1.165) is 18.2 Å². The van der Waals surface area contributed by atoms with E-state index >= 15 is 0 Å². The molecule has 1 spiro atoms. The summed E-state index contributed by atoms with van der Waals surface area (Å²) in [5.74, 6) is -0.929. The molecule has 1 saturated heterocycles. The highest BCUT2D eigenvalue weighted by molar-refractivity contribution is 5.98. The number of aliphatic imine (C=N–C) groups is 2. The maximum absolute atomic E-state index is 13.7. The molecule has 9 N–H and O–H groups in total. The number of fused-ring (bicyclic) bond motifs is 1. The molecule has 1 aromatic carbocycles. The number of guanidine groups is 2. The highest BCUT2D eigenvalue weighted by Gasteiger charge is 2.74. The predicted molar refractivity (Wildman–Crippen MR) is 153 cm³/mol. The van der Waals surface area contributed by atoms with E-state index in [-0.39, 0.29) is 36.1 Å². The van der Waals surface area contributed by atoms with Crippen LogP contribution in [-0.4, -0.2) is 103 Å². The lowest BCUT2D eigenvalue weighted by atomic mass is 9.78. The van der Waals surface area contributed by atoms with Gasteiger partial charge in [-0.2, -0.15) is 5.06 Å². The van der Waals surface area contributed by atoms with Crippen molar-refractivity contribution < 1.29 is 24.6 Å². The SMILES string of the molecule is CC1(C)CCOc2c(C(=O)N[C@H]3CN4C(N)=N[C@@H](CNC(=O)c5c[nH]c(=O)cn5)C5N=C(N)N(O)C54[C@@]3(C)O)cccc21. The van der Waals surface area contributed by atoms with Crippen LogP contribution in [0.1, 0.15) is 53.6 Å². The zero-order valence-corrected chi connectivity index (χ0v) is 23.9. The summed E-state index contributed by atoms with van der Waals surface area (Å²) in [7, 11) is 0. The average molecular weight is 595 g/mol. The third kappa shape index (κ3) is 4.11. The highest BCUT2D eigenvalue weighted by atomic mass is 16.5. The Morgan fingerprint density at radius 3 is 2.67 bits per heavy atom. The number of hydrogen-bond acceptors (Lipinski definition) is 13. The molecule has 4 aliphatic heterocycles. The number of aromatic nitrogens is 2. The zero-order chi connectivity index (χ0) is 30.9. The minimum absolute atomic E-state index is 0.0342. The summed E-state index contributed by atoms with van der Waals surface area (Å²) < 4.78 is 5.92.